The second-order valence-corrected chi connectivity index (χ2v) is 6.73. The van der Waals surface area contributed by atoms with Gasteiger partial charge in [0.15, 0.2) is 12.4 Å². The van der Waals surface area contributed by atoms with Crippen LogP contribution in [-0.4, -0.2) is 33.2 Å². The molecule has 2 heterocycles. The molecular weight excluding hydrogens is 403 g/mol. The highest BCUT2D eigenvalue weighted by molar-refractivity contribution is 6.37. The van der Waals surface area contributed by atoms with Crippen molar-refractivity contribution in [3.05, 3.63) is 69.6 Å². The minimum Gasteiger partial charge on any atom is -0.452 e. The van der Waals surface area contributed by atoms with Crippen molar-refractivity contribution in [1.82, 2.24) is 14.8 Å². The van der Waals surface area contributed by atoms with Crippen molar-refractivity contribution in [2.45, 2.75) is 13.8 Å². The Labute approximate surface area is 171 Å². The van der Waals surface area contributed by atoms with Crippen molar-refractivity contribution < 1.29 is 14.3 Å². The lowest BCUT2D eigenvalue weighted by Gasteiger charge is -2.10. The highest BCUT2D eigenvalue weighted by Crippen LogP contribution is 2.28. The third kappa shape index (κ3) is 4.32. The van der Waals surface area contributed by atoms with Crippen LogP contribution < -0.4 is 5.32 Å². The number of rotatable bonds is 5. The number of anilines is 1. The molecule has 1 N–H and O–H groups in total. The molecule has 2 aromatic heterocycles. The second kappa shape index (κ2) is 8.41. The molecule has 7 nitrogen and oxygen atoms in total. The number of aromatic nitrogens is 3. The lowest BCUT2D eigenvalue weighted by molar-refractivity contribution is -0.119. The van der Waals surface area contributed by atoms with Gasteiger partial charge < -0.3 is 10.1 Å². The number of esters is 1. The number of nitrogens with zero attached hydrogens (tertiary/aromatic N) is 3. The van der Waals surface area contributed by atoms with E-state index in [-0.39, 0.29) is 10.8 Å². The van der Waals surface area contributed by atoms with E-state index in [4.69, 9.17) is 27.9 Å². The molecule has 0 saturated carbocycles. The Hall–Kier alpha value is -2.90. The molecule has 9 heteroatoms. The fourth-order valence-corrected chi connectivity index (χ4v) is 2.79. The molecule has 3 aromatic rings. The van der Waals surface area contributed by atoms with Crippen LogP contribution >= 0.6 is 23.2 Å². The van der Waals surface area contributed by atoms with E-state index >= 15 is 0 Å². The van der Waals surface area contributed by atoms with E-state index in [1.165, 1.54) is 6.20 Å². The predicted octanol–water partition coefficient (Wildman–Crippen LogP) is 3.99. The second-order valence-electron chi connectivity index (χ2n) is 5.95. The van der Waals surface area contributed by atoms with E-state index in [0.29, 0.717) is 16.1 Å². The normalized spacial score (nSPS) is 10.6. The van der Waals surface area contributed by atoms with E-state index in [1.54, 1.807) is 42.1 Å². The van der Waals surface area contributed by atoms with Gasteiger partial charge in [0.05, 0.1) is 21.3 Å². The number of benzene rings is 1. The molecule has 0 unspecified atom stereocenters. The molecule has 0 fully saturated rings. The number of hydrogen-bond donors (Lipinski definition) is 1. The van der Waals surface area contributed by atoms with Crippen molar-refractivity contribution in [2.75, 3.05) is 11.9 Å². The molecule has 0 aliphatic rings. The summed E-state index contributed by atoms with van der Waals surface area (Å²) >= 11 is 12.0. The molecule has 1 amide bonds. The monoisotopic (exact) mass is 418 g/mol. The van der Waals surface area contributed by atoms with Crippen LogP contribution in [0.3, 0.4) is 0 Å². The molecule has 144 valence electrons. The third-order valence-corrected chi connectivity index (χ3v) is 4.82. The molecule has 0 aliphatic carbocycles. The van der Waals surface area contributed by atoms with Gasteiger partial charge in [-0.05, 0) is 49.7 Å². The van der Waals surface area contributed by atoms with E-state index in [1.807, 2.05) is 13.0 Å². The molecule has 28 heavy (non-hydrogen) atoms. The van der Waals surface area contributed by atoms with Gasteiger partial charge in [-0.25, -0.2) is 14.5 Å². The Balaban J connectivity index is 1.59. The molecule has 0 saturated heterocycles. The first kappa shape index (κ1) is 19.9. The third-order valence-electron chi connectivity index (χ3n) is 3.97. The predicted molar refractivity (Wildman–Crippen MR) is 106 cm³/mol. The molecule has 0 spiro atoms. The molecule has 3 rings (SSSR count). The van der Waals surface area contributed by atoms with Crippen LogP contribution in [0.25, 0.3) is 5.69 Å². The number of ether oxygens (including phenoxy) is 1. The summed E-state index contributed by atoms with van der Waals surface area (Å²) in [6, 6.07) is 8.59. The number of nitrogens with one attached hydrogen (secondary N) is 1. The number of pyridine rings is 1. The standard InChI is InChI=1S/C19H16Cl2N4O3/c1-11-7-8-23-25(11)14-5-3-13(4-6-14)19(27)28-10-16(26)24-18-17(21)12(2)15(20)9-22-18/h3-9H,10H2,1-2H3,(H,22,24,26). The Morgan fingerprint density at radius 3 is 2.50 bits per heavy atom. The lowest BCUT2D eigenvalue weighted by atomic mass is 10.2. The fourth-order valence-electron chi connectivity index (χ4n) is 2.41. The number of carbonyl (C=O) groups excluding carboxylic acids is 2. The maximum absolute atomic E-state index is 12.1. The largest absolute Gasteiger partial charge is 0.452 e. The maximum Gasteiger partial charge on any atom is 0.338 e. The van der Waals surface area contributed by atoms with Crippen LogP contribution in [0.4, 0.5) is 5.82 Å². The molecule has 0 aliphatic heterocycles. The average molecular weight is 419 g/mol. The van der Waals surface area contributed by atoms with E-state index in [0.717, 1.165) is 11.4 Å². The smallest absolute Gasteiger partial charge is 0.338 e. The SMILES string of the molecule is Cc1c(Cl)cnc(NC(=O)COC(=O)c2ccc(-n3nccc3C)cc2)c1Cl. The summed E-state index contributed by atoms with van der Waals surface area (Å²) < 4.78 is 6.78. The zero-order chi connectivity index (χ0) is 20.3. The zero-order valence-corrected chi connectivity index (χ0v) is 16.6. The lowest BCUT2D eigenvalue weighted by Crippen LogP contribution is -2.21. The Morgan fingerprint density at radius 1 is 1.14 bits per heavy atom. The van der Waals surface area contributed by atoms with Gasteiger partial charge in [-0.15, -0.1) is 0 Å². The Morgan fingerprint density at radius 2 is 1.86 bits per heavy atom. The van der Waals surface area contributed by atoms with E-state index in [9.17, 15) is 9.59 Å². The minimum absolute atomic E-state index is 0.156. The van der Waals surface area contributed by atoms with Gasteiger partial charge in [0.2, 0.25) is 0 Å². The van der Waals surface area contributed by atoms with Crippen molar-refractivity contribution in [1.29, 1.82) is 0 Å². The minimum atomic E-state index is -0.620. The number of carbonyl (C=O) groups is 2. The number of amides is 1. The van der Waals surface area contributed by atoms with Gasteiger partial charge >= 0.3 is 5.97 Å². The number of aryl methyl sites for hydroxylation is 1. The van der Waals surface area contributed by atoms with Gasteiger partial charge in [-0.2, -0.15) is 5.10 Å². The van der Waals surface area contributed by atoms with Gasteiger partial charge in [0, 0.05) is 18.1 Å². The van der Waals surface area contributed by atoms with Crippen LogP contribution in [-0.2, 0) is 9.53 Å². The highest BCUT2D eigenvalue weighted by atomic mass is 35.5. The summed E-state index contributed by atoms with van der Waals surface area (Å²) in [5.74, 6) is -1.03. The molecule has 1 aromatic carbocycles. The Bertz CT molecular complexity index is 1030. The van der Waals surface area contributed by atoms with E-state index < -0.39 is 18.5 Å². The average Bonchev–Trinajstić information content (AvgIpc) is 3.12. The first-order chi connectivity index (χ1) is 13.4. The molecular formula is C19H16Cl2N4O3. The van der Waals surface area contributed by atoms with Crippen LogP contribution in [0.1, 0.15) is 21.6 Å². The maximum atomic E-state index is 12.1. The van der Waals surface area contributed by atoms with Crippen LogP contribution in [0.15, 0.2) is 42.7 Å². The van der Waals surface area contributed by atoms with Gasteiger partial charge in [0.1, 0.15) is 0 Å². The summed E-state index contributed by atoms with van der Waals surface area (Å²) in [5, 5.41) is 7.32. The summed E-state index contributed by atoms with van der Waals surface area (Å²) in [6.07, 6.45) is 3.08. The van der Waals surface area contributed by atoms with Crippen molar-refractivity contribution in [3.63, 3.8) is 0 Å². The van der Waals surface area contributed by atoms with Crippen LogP contribution in [0.2, 0.25) is 10.0 Å². The first-order valence-electron chi connectivity index (χ1n) is 8.25. The van der Waals surface area contributed by atoms with E-state index in [2.05, 4.69) is 15.4 Å². The van der Waals surface area contributed by atoms with Gasteiger partial charge in [0.25, 0.3) is 5.91 Å². The first-order valence-corrected chi connectivity index (χ1v) is 9.01. The highest BCUT2D eigenvalue weighted by Gasteiger charge is 2.14. The van der Waals surface area contributed by atoms with Gasteiger partial charge in [-0.3, -0.25) is 4.79 Å². The number of halogens is 2. The summed E-state index contributed by atoms with van der Waals surface area (Å²) in [4.78, 5) is 28.1. The van der Waals surface area contributed by atoms with Crippen molar-refractivity contribution in [2.24, 2.45) is 0 Å². The summed E-state index contributed by atoms with van der Waals surface area (Å²) in [6.45, 7) is 3.16. The molecule has 0 radical (unpaired) electrons. The Kier molecular flexibility index (Phi) is 5.96. The van der Waals surface area contributed by atoms with Gasteiger partial charge in [-0.1, -0.05) is 23.2 Å². The summed E-state index contributed by atoms with van der Waals surface area (Å²) in [7, 11) is 0. The van der Waals surface area contributed by atoms with Crippen LogP contribution in [0.5, 0.6) is 0 Å². The quantitative estimate of drug-likeness (QED) is 0.633. The van der Waals surface area contributed by atoms with Crippen molar-refractivity contribution in [3.8, 4) is 5.69 Å². The summed E-state index contributed by atoms with van der Waals surface area (Å²) in [5.41, 5.74) is 2.70. The molecule has 0 bridgehead atoms. The molecule has 0 atom stereocenters. The number of hydrogen-bond acceptors (Lipinski definition) is 5. The topological polar surface area (TPSA) is 86.1 Å². The zero-order valence-electron chi connectivity index (χ0n) is 15.1. The fraction of sp³-hybridized carbons (Fsp3) is 0.158. The van der Waals surface area contributed by atoms with Crippen molar-refractivity contribution >= 4 is 40.9 Å². The van der Waals surface area contributed by atoms with Crippen LogP contribution in [0, 0.1) is 13.8 Å².